The van der Waals surface area contributed by atoms with Crippen LogP contribution in [-0.2, 0) is 13.1 Å². The Labute approximate surface area is 110 Å². The molecule has 0 atom stereocenters. The van der Waals surface area contributed by atoms with Gasteiger partial charge in [-0.05, 0) is 41.8 Å². The zero-order valence-electron chi connectivity index (χ0n) is 10.5. The molecule has 4 heteroatoms. The molecule has 2 aromatic carbocycles. The Bertz CT molecular complexity index is 530. The smallest absolute Gasteiger partial charge is 0.159 e. The Balaban J connectivity index is 1.92. The molecular formula is C15H14F3N. The summed E-state index contributed by atoms with van der Waals surface area (Å²) in [4.78, 5) is 0. The van der Waals surface area contributed by atoms with Crippen molar-refractivity contribution in [2.24, 2.45) is 0 Å². The van der Waals surface area contributed by atoms with E-state index in [1.54, 1.807) is 19.1 Å². The first-order valence-electron chi connectivity index (χ1n) is 5.96. The highest BCUT2D eigenvalue weighted by Gasteiger charge is 2.03. The topological polar surface area (TPSA) is 12.0 Å². The molecule has 0 amide bonds. The molecule has 19 heavy (non-hydrogen) atoms. The van der Waals surface area contributed by atoms with Gasteiger partial charge in [0, 0.05) is 13.1 Å². The van der Waals surface area contributed by atoms with E-state index in [9.17, 15) is 13.2 Å². The number of hydrogen-bond donors (Lipinski definition) is 1. The van der Waals surface area contributed by atoms with Gasteiger partial charge in [0.15, 0.2) is 11.6 Å². The maximum Gasteiger partial charge on any atom is 0.159 e. The minimum Gasteiger partial charge on any atom is -0.309 e. The maximum absolute atomic E-state index is 13.1. The van der Waals surface area contributed by atoms with Crippen LogP contribution in [0.5, 0.6) is 0 Å². The van der Waals surface area contributed by atoms with E-state index in [1.165, 1.54) is 12.1 Å². The molecule has 0 unspecified atom stereocenters. The largest absolute Gasteiger partial charge is 0.309 e. The highest BCUT2D eigenvalue weighted by Crippen LogP contribution is 2.10. The van der Waals surface area contributed by atoms with Crippen LogP contribution in [0, 0.1) is 24.4 Å². The van der Waals surface area contributed by atoms with Crippen LogP contribution in [-0.4, -0.2) is 0 Å². The summed E-state index contributed by atoms with van der Waals surface area (Å²) in [7, 11) is 0. The van der Waals surface area contributed by atoms with Crippen molar-refractivity contribution in [3.63, 3.8) is 0 Å². The van der Waals surface area contributed by atoms with E-state index in [0.29, 0.717) is 24.2 Å². The molecule has 2 rings (SSSR count). The predicted molar refractivity (Wildman–Crippen MR) is 68.0 cm³/mol. The Morgan fingerprint density at radius 3 is 1.95 bits per heavy atom. The number of benzene rings is 2. The van der Waals surface area contributed by atoms with Crippen LogP contribution in [0.2, 0.25) is 0 Å². The molecule has 2 aromatic rings. The first-order chi connectivity index (χ1) is 9.06. The average molecular weight is 265 g/mol. The molecule has 0 aliphatic rings. The fraction of sp³-hybridized carbons (Fsp3) is 0.200. The van der Waals surface area contributed by atoms with Crippen molar-refractivity contribution in [1.29, 1.82) is 0 Å². The lowest BCUT2D eigenvalue weighted by molar-refractivity contribution is 0.506. The van der Waals surface area contributed by atoms with Crippen molar-refractivity contribution in [2.45, 2.75) is 20.0 Å². The molecule has 100 valence electrons. The monoisotopic (exact) mass is 265 g/mol. The van der Waals surface area contributed by atoms with Gasteiger partial charge in [-0.25, -0.2) is 13.2 Å². The van der Waals surface area contributed by atoms with Crippen LogP contribution in [0.4, 0.5) is 13.2 Å². The van der Waals surface area contributed by atoms with E-state index in [0.717, 1.165) is 17.7 Å². The van der Waals surface area contributed by atoms with Crippen LogP contribution < -0.4 is 5.32 Å². The van der Waals surface area contributed by atoms with E-state index in [1.807, 2.05) is 0 Å². The molecule has 0 radical (unpaired) electrons. The maximum atomic E-state index is 13.1. The minimum atomic E-state index is -0.850. The number of halogens is 3. The summed E-state index contributed by atoms with van der Waals surface area (Å²) >= 11 is 0. The van der Waals surface area contributed by atoms with Crippen LogP contribution in [0.3, 0.4) is 0 Å². The second-order valence-corrected chi connectivity index (χ2v) is 4.44. The fourth-order valence-electron chi connectivity index (χ4n) is 1.82. The molecule has 0 saturated heterocycles. The summed E-state index contributed by atoms with van der Waals surface area (Å²) in [6.45, 7) is 2.67. The first kappa shape index (κ1) is 13.6. The lowest BCUT2D eigenvalue weighted by Gasteiger charge is -2.07. The predicted octanol–water partition coefficient (Wildman–Crippen LogP) is 3.70. The second kappa shape index (κ2) is 5.89. The molecule has 0 spiro atoms. The van der Waals surface area contributed by atoms with E-state index in [-0.39, 0.29) is 5.82 Å². The summed E-state index contributed by atoms with van der Waals surface area (Å²) in [5, 5.41) is 3.10. The van der Waals surface area contributed by atoms with Gasteiger partial charge in [0.05, 0.1) is 0 Å². The first-order valence-corrected chi connectivity index (χ1v) is 5.96. The van der Waals surface area contributed by atoms with Gasteiger partial charge in [0.2, 0.25) is 0 Å². The number of hydrogen-bond acceptors (Lipinski definition) is 1. The molecule has 0 aliphatic carbocycles. The van der Waals surface area contributed by atoms with Crippen LogP contribution in [0.15, 0.2) is 36.4 Å². The molecule has 1 nitrogen and oxygen atoms in total. The fourth-order valence-corrected chi connectivity index (χ4v) is 1.82. The number of rotatable bonds is 4. The van der Waals surface area contributed by atoms with Gasteiger partial charge in [0.25, 0.3) is 0 Å². The lowest BCUT2D eigenvalue weighted by atomic mass is 10.1. The summed E-state index contributed by atoms with van der Waals surface area (Å²) in [5.74, 6) is -1.93. The minimum absolute atomic E-state index is 0.232. The van der Waals surface area contributed by atoms with Crippen molar-refractivity contribution in [3.05, 3.63) is 70.5 Å². The van der Waals surface area contributed by atoms with Gasteiger partial charge in [-0.1, -0.05) is 18.2 Å². The van der Waals surface area contributed by atoms with E-state index in [2.05, 4.69) is 5.32 Å². The molecule has 0 heterocycles. The van der Waals surface area contributed by atoms with Crippen molar-refractivity contribution >= 4 is 0 Å². The van der Waals surface area contributed by atoms with Gasteiger partial charge in [-0.3, -0.25) is 0 Å². The second-order valence-electron chi connectivity index (χ2n) is 4.44. The highest BCUT2D eigenvalue weighted by atomic mass is 19.2. The normalized spacial score (nSPS) is 10.7. The Morgan fingerprint density at radius 2 is 1.37 bits per heavy atom. The standard InChI is InChI=1S/C15H14F3N/c1-10-6-11(2-4-13(10)16)8-19-9-12-3-5-14(17)15(18)7-12/h2-7,19H,8-9H2,1H3. The third kappa shape index (κ3) is 3.58. The van der Waals surface area contributed by atoms with Gasteiger partial charge in [-0.2, -0.15) is 0 Å². The van der Waals surface area contributed by atoms with Gasteiger partial charge < -0.3 is 5.32 Å². The molecular weight excluding hydrogens is 251 g/mol. The van der Waals surface area contributed by atoms with Gasteiger partial charge in [-0.15, -0.1) is 0 Å². The van der Waals surface area contributed by atoms with Crippen molar-refractivity contribution < 1.29 is 13.2 Å². The number of aryl methyl sites for hydroxylation is 1. The van der Waals surface area contributed by atoms with Gasteiger partial charge >= 0.3 is 0 Å². The van der Waals surface area contributed by atoms with E-state index in [4.69, 9.17) is 0 Å². The van der Waals surface area contributed by atoms with E-state index >= 15 is 0 Å². The molecule has 0 fully saturated rings. The molecule has 0 saturated carbocycles. The van der Waals surface area contributed by atoms with E-state index < -0.39 is 11.6 Å². The van der Waals surface area contributed by atoms with Crippen molar-refractivity contribution in [1.82, 2.24) is 5.32 Å². The molecule has 1 N–H and O–H groups in total. The highest BCUT2D eigenvalue weighted by molar-refractivity contribution is 5.24. The third-order valence-corrected chi connectivity index (χ3v) is 2.86. The van der Waals surface area contributed by atoms with Crippen molar-refractivity contribution in [3.8, 4) is 0 Å². The third-order valence-electron chi connectivity index (χ3n) is 2.86. The van der Waals surface area contributed by atoms with Crippen LogP contribution in [0.25, 0.3) is 0 Å². The Hall–Kier alpha value is -1.81. The molecule has 0 aliphatic heterocycles. The molecule has 0 aromatic heterocycles. The summed E-state index contributed by atoms with van der Waals surface area (Å²) in [6, 6.07) is 8.67. The number of nitrogens with one attached hydrogen (secondary N) is 1. The van der Waals surface area contributed by atoms with Crippen LogP contribution >= 0.6 is 0 Å². The van der Waals surface area contributed by atoms with Gasteiger partial charge in [0.1, 0.15) is 5.82 Å². The zero-order chi connectivity index (χ0) is 13.8. The molecule has 0 bridgehead atoms. The Kier molecular flexibility index (Phi) is 4.22. The zero-order valence-corrected chi connectivity index (χ0v) is 10.5. The summed E-state index contributed by atoms with van der Waals surface area (Å²) in [5.41, 5.74) is 2.20. The van der Waals surface area contributed by atoms with Crippen LogP contribution in [0.1, 0.15) is 16.7 Å². The quantitative estimate of drug-likeness (QED) is 0.888. The van der Waals surface area contributed by atoms with Crippen molar-refractivity contribution in [2.75, 3.05) is 0 Å². The average Bonchev–Trinajstić information content (AvgIpc) is 2.38. The lowest BCUT2D eigenvalue weighted by Crippen LogP contribution is -2.13. The SMILES string of the molecule is Cc1cc(CNCc2ccc(F)c(F)c2)ccc1F. The summed E-state index contributed by atoms with van der Waals surface area (Å²) in [6.07, 6.45) is 0. The Morgan fingerprint density at radius 1 is 0.789 bits per heavy atom. The summed E-state index contributed by atoms with van der Waals surface area (Å²) < 4.78 is 38.8.